The molecule has 7 nitrogen and oxygen atoms in total. The Bertz CT molecular complexity index is 1270. The number of nitrogens with one attached hydrogen (secondary N) is 1. The van der Waals surface area contributed by atoms with Crippen LogP contribution in [0.5, 0.6) is 0 Å². The molecule has 1 unspecified atom stereocenters. The lowest BCUT2D eigenvalue weighted by Gasteiger charge is -2.31. The number of rotatable bonds is 11. The maximum absolute atomic E-state index is 13.4. The Hall–Kier alpha value is -2.79. The van der Waals surface area contributed by atoms with Crippen LogP contribution in [0.1, 0.15) is 63.0 Å². The van der Waals surface area contributed by atoms with Crippen molar-refractivity contribution in [2.75, 3.05) is 17.1 Å². The molecule has 1 aliphatic carbocycles. The highest BCUT2D eigenvalue weighted by molar-refractivity contribution is 7.92. The number of halogens is 4. The average molecular weight is 602 g/mol. The highest BCUT2D eigenvalue weighted by Gasteiger charge is 2.32. The third-order valence-corrected chi connectivity index (χ3v) is 8.44. The lowest BCUT2D eigenvalue weighted by atomic mass is 9.95. The zero-order valence-electron chi connectivity index (χ0n) is 22.6. The first kappa shape index (κ1) is 31.7. The highest BCUT2D eigenvalue weighted by atomic mass is 35.5. The lowest BCUT2D eigenvalue weighted by Crippen LogP contribution is -2.50. The molecule has 1 N–H and O–H groups in total. The van der Waals surface area contributed by atoms with Gasteiger partial charge in [-0.1, -0.05) is 49.1 Å². The van der Waals surface area contributed by atoms with Crippen LogP contribution in [0, 0.1) is 0 Å². The standard InChI is InChI=1S/C28H35ClF3N3O4S/c1-20(27(37)33-24-9-4-3-5-10-24)34(19-21-13-15-23(29)16-14-21)26(36)12-7-17-35(40(2,38)39)25-11-6-8-22(18-25)28(30,31)32/h6,8,11,13-16,18,20,24H,3-5,7,9-10,12,17,19H2,1-2H3,(H,33,37). The fourth-order valence-electron chi connectivity index (χ4n) is 4.78. The number of nitrogens with zero attached hydrogens (tertiary/aromatic N) is 2. The van der Waals surface area contributed by atoms with Crippen molar-refractivity contribution in [3.8, 4) is 0 Å². The van der Waals surface area contributed by atoms with E-state index in [1.54, 1.807) is 31.2 Å². The van der Waals surface area contributed by atoms with Crippen molar-refractivity contribution >= 4 is 39.1 Å². The normalized spacial score (nSPS) is 15.3. The number of hydrogen-bond acceptors (Lipinski definition) is 4. The molecule has 2 amide bonds. The second-order valence-corrected chi connectivity index (χ2v) is 12.5. The van der Waals surface area contributed by atoms with Gasteiger partial charge in [0.2, 0.25) is 21.8 Å². The molecular weight excluding hydrogens is 567 g/mol. The molecule has 0 radical (unpaired) electrons. The monoisotopic (exact) mass is 601 g/mol. The molecule has 0 bridgehead atoms. The fourth-order valence-corrected chi connectivity index (χ4v) is 5.86. The van der Waals surface area contributed by atoms with Crippen LogP contribution >= 0.6 is 11.6 Å². The van der Waals surface area contributed by atoms with Gasteiger partial charge in [0.25, 0.3) is 0 Å². The van der Waals surface area contributed by atoms with Gasteiger partial charge in [-0.05, 0) is 62.1 Å². The van der Waals surface area contributed by atoms with Gasteiger partial charge in [-0.15, -0.1) is 0 Å². The third kappa shape index (κ3) is 9.12. The van der Waals surface area contributed by atoms with Crippen LogP contribution < -0.4 is 9.62 Å². The van der Waals surface area contributed by atoms with Crippen molar-refractivity contribution in [2.24, 2.45) is 0 Å². The highest BCUT2D eigenvalue weighted by Crippen LogP contribution is 2.32. The van der Waals surface area contributed by atoms with Crippen LogP contribution in [0.15, 0.2) is 48.5 Å². The first-order valence-corrected chi connectivity index (χ1v) is 15.5. The lowest BCUT2D eigenvalue weighted by molar-refractivity contribution is -0.141. The van der Waals surface area contributed by atoms with Crippen molar-refractivity contribution in [1.82, 2.24) is 10.2 Å². The van der Waals surface area contributed by atoms with Crippen LogP contribution in [-0.2, 0) is 32.3 Å². The van der Waals surface area contributed by atoms with Gasteiger partial charge in [0.1, 0.15) is 6.04 Å². The predicted octanol–water partition coefficient (Wildman–Crippen LogP) is 5.77. The van der Waals surface area contributed by atoms with E-state index >= 15 is 0 Å². The van der Waals surface area contributed by atoms with Crippen LogP contribution in [0.4, 0.5) is 18.9 Å². The molecule has 2 aromatic carbocycles. The number of amides is 2. The Morgan fingerprint density at radius 1 is 1.07 bits per heavy atom. The van der Waals surface area contributed by atoms with E-state index in [1.807, 2.05) is 0 Å². The number of hydrogen-bond donors (Lipinski definition) is 1. The SMILES string of the molecule is CC(C(=O)NC1CCCCC1)N(Cc1ccc(Cl)cc1)C(=O)CCCN(c1cccc(C(F)(F)F)c1)S(C)(=O)=O. The Kier molecular flexibility index (Phi) is 10.9. The summed E-state index contributed by atoms with van der Waals surface area (Å²) in [5.74, 6) is -0.644. The van der Waals surface area contributed by atoms with Gasteiger partial charge in [0.05, 0.1) is 17.5 Å². The smallest absolute Gasteiger partial charge is 0.352 e. The topological polar surface area (TPSA) is 86.8 Å². The summed E-state index contributed by atoms with van der Waals surface area (Å²) in [6.45, 7) is 1.58. The molecular formula is C28H35ClF3N3O4S. The molecule has 1 aliphatic rings. The average Bonchev–Trinajstić information content (AvgIpc) is 2.89. The number of anilines is 1. The van der Waals surface area contributed by atoms with E-state index < -0.39 is 27.8 Å². The Morgan fingerprint density at radius 3 is 2.33 bits per heavy atom. The minimum atomic E-state index is -4.63. The first-order chi connectivity index (χ1) is 18.8. The van der Waals surface area contributed by atoms with Gasteiger partial charge >= 0.3 is 6.18 Å². The van der Waals surface area contributed by atoms with Crippen LogP contribution in [0.3, 0.4) is 0 Å². The molecule has 220 valence electrons. The maximum atomic E-state index is 13.4. The molecule has 0 saturated heterocycles. The molecule has 2 aromatic rings. The van der Waals surface area contributed by atoms with Crippen molar-refractivity contribution in [3.05, 3.63) is 64.7 Å². The van der Waals surface area contributed by atoms with E-state index in [4.69, 9.17) is 11.6 Å². The molecule has 0 spiro atoms. The summed E-state index contributed by atoms with van der Waals surface area (Å²) in [4.78, 5) is 28.0. The summed E-state index contributed by atoms with van der Waals surface area (Å²) in [6, 6.07) is 10.2. The largest absolute Gasteiger partial charge is 0.416 e. The van der Waals surface area contributed by atoms with Gasteiger partial charge < -0.3 is 10.2 Å². The van der Waals surface area contributed by atoms with Crippen LogP contribution in [0.2, 0.25) is 5.02 Å². The van der Waals surface area contributed by atoms with E-state index in [2.05, 4.69) is 5.32 Å². The zero-order chi connectivity index (χ0) is 29.5. The van der Waals surface area contributed by atoms with Gasteiger partial charge in [-0.3, -0.25) is 13.9 Å². The summed E-state index contributed by atoms with van der Waals surface area (Å²) < 4.78 is 65.4. The minimum absolute atomic E-state index is 0.0379. The molecule has 0 aliphatic heterocycles. The molecule has 40 heavy (non-hydrogen) atoms. The number of benzene rings is 2. The van der Waals surface area contributed by atoms with E-state index in [1.165, 1.54) is 11.0 Å². The van der Waals surface area contributed by atoms with Gasteiger partial charge in [-0.2, -0.15) is 13.2 Å². The summed E-state index contributed by atoms with van der Waals surface area (Å²) >= 11 is 5.99. The second-order valence-electron chi connectivity index (χ2n) is 10.2. The van der Waals surface area contributed by atoms with Crippen molar-refractivity contribution in [3.63, 3.8) is 0 Å². The summed E-state index contributed by atoms with van der Waals surface area (Å²) in [7, 11) is -3.93. The minimum Gasteiger partial charge on any atom is -0.352 e. The molecule has 12 heteroatoms. The first-order valence-electron chi connectivity index (χ1n) is 13.2. The maximum Gasteiger partial charge on any atom is 0.416 e. The number of carbonyl (C=O) groups is 2. The molecule has 1 saturated carbocycles. The van der Waals surface area contributed by atoms with Crippen molar-refractivity contribution in [1.29, 1.82) is 0 Å². The summed E-state index contributed by atoms with van der Waals surface area (Å²) in [6.07, 6.45) is 1.18. The van der Waals surface area contributed by atoms with Gasteiger partial charge in [0.15, 0.2) is 0 Å². The third-order valence-electron chi connectivity index (χ3n) is 7.00. The molecule has 3 rings (SSSR count). The number of alkyl halides is 3. The van der Waals surface area contributed by atoms with Gasteiger partial charge in [0, 0.05) is 30.6 Å². The van der Waals surface area contributed by atoms with Gasteiger partial charge in [-0.25, -0.2) is 8.42 Å². The van der Waals surface area contributed by atoms with Crippen LogP contribution in [-0.4, -0.2) is 50.0 Å². The van der Waals surface area contributed by atoms with Crippen LogP contribution in [0.25, 0.3) is 0 Å². The van der Waals surface area contributed by atoms with E-state index in [0.717, 1.165) is 66.4 Å². The Balaban J connectivity index is 1.74. The summed E-state index contributed by atoms with van der Waals surface area (Å²) in [5.41, 5.74) is -0.346. The Morgan fingerprint density at radius 2 is 1.73 bits per heavy atom. The molecule has 0 aromatic heterocycles. The quantitative estimate of drug-likeness (QED) is 0.354. The fraction of sp³-hybridized carbons (Fsp3) is 0.500. The number of carbonyl (C=O) groups excluding carboxylic acids is 2. The number of sulfonamides is 1. The zero-order valence-corrected chi connectivity index (χ0v) is 24.2. The van der Waals surface area contributed by atoms with E-state index in [-0.39, 0.29) is 49.5 Å². The van der Waals surface area contributed by atoms with E-state index in [0.29, 0.717) is 5.02 Å². The van der Waals surface area contributed by atoms with Crippen molar-refractivity contribution < 1.29 is 31.2 Å². The van der Waals surface area contributed by atoms with E-state index in [9.17, 15) is 31.2 Å². The summed E-state index contributed by atoms with van der Waals surface area (Å²) in [5, 5.41) is 3.58. The Labute approximate surface area is 238 Å². The van der Waals surface area contributed by atoms with Crippen molar-refractivity contribution in [2.45, 2.75) is 76.7 Å². The predicted molar refractivity (Wildman–Crippen MR) is 149 cm³/mol. The molecule has 0 heterocycles. The second kappa shape index (κ2) is 13.7. The molecule has 1 atom stereocenters. The molecule has 1 fully saturated rings.